The first-order chi connectivity index (χ1) is 8.19. The number of aromatic nitrogens is 1. The van der Waals surface area contributed by atoms with Crippen molar-refractivity contribution in [3.8, 4) is 11.8 Å². The highest BCUT2D eigenvalue weighted by atomic mass is 16.7. The van der Waals surface area contributed by atoms with Gasteiger partial charge in [0.05, 0.1) is 0 Å². The minimum absolute atomic E-state index is 0.0549. The fraction of sp³-hybridized carbons (Fsp3) is 0.538. The first kappa shape index (κ1) is 10.6. The molecule has 0 aliphatic heterocycles. The van der Waals surface area contributed by atoms with Gasteiger partial charge in [-0.05, 0) is 12.8 Å². The van der Waals surface area contributed by atoms with Crippen LogP contribution in [0.15, 0.2) is 11.6 Å². The molecule has 1 aromatic rings. The lowest BCUT2D eigenvalue weighted by Crippen LogP contribution is -2.05. The third-order valence-electron chi connectivity index (χ3n) is 3.95. The molecule has 17 heavy (non-hydrogen) atoms. The van der Waals surface area contributed by atoms with Gasteiger partial charge in [0.1, 0.15) is 7.11 Å². The predicted octanol–water partition coefficient (Wildman–Crippen LogP) is 2.27. The first-order valence-electron chi connectivity index (χ1n) is 6.10. The molecule has 1 aromatic heterocycles. The molecule has 1 heterocycles. The van der Waals surface area contributed by atoms with Gasteiger partial charge in [-0.25, -0.2) is 0 Å². The van der Waals surface area contributed by atoms with E-state index in [1.54, 1.807) is 0 Å². The number of hydrogen-bond donors (Lipinski definition) is 2. The van der Waals surface area contributed by atoms with E-state index in [1.165, 1.54) is 12.7 Å². The van der Waals surface area contributed by atoms with E-state index in [0.717, 1.165) is 35.1 Å². The van der Waals surface area contributed by atoms with Crippen LogP contribution in [0.1, 0.15) is 49.1 Å². The van der Waals surface area contributed by atoms with Crippen LogP contribution in [0.4, 0.5) is 0 Å². The van der Waals surface area contributed by atoms with Crippen molar-refractivity contribution in [2.75, 3.05) is 7.11 Å². The van der Waals surface area contributed by atoms with Crippen LogP contribution in [0.2, 0.25) is 0 Å². The molecule has 2 N–H and O–H groups in total. The molecule has 0 spiro atoms. The van der Waals surface area contributed by atoms with Crippen LogP contribution in [0.5, 0.6) is 11.8 Å². The van der Waals surface area contributed by atoms with Crippen molar-refractivity contribution in [3.05, 3.63) is 22.8 Å². The topological polar surface area (TPSA) is 54.6 Å². The van der Waals surface area contributed by atoms with Crippen LogP contribution in [0, 0.1) is 0 Å². The van der Waals surface area contributed by atoms with E-state index < -0.39 is 0 Å². The lowest BCUT2D eigenvalue weighted by molar-refractivity contribution is 0.118. The van der Waals surface area contributed by atoms with Gasteiger partial charge in [-0.2, -0.15) is 0 Å². The van der Waals surface area contributed by atoms with Gasteiger partial charge in [0.15, 0.2) is 0 Å². The number of allylic oxidation sites excluding steroid dienone is 2. The van der Waals surface area contributed by atoms with Crippen molar-refractivity contribution in [2.24, 2.45) is 0 Å². The van der Waals surface area contributed by atoms with E-state index >= 15 is 0 Å². The molecule has 92 valence electrons. The Labute approximate surface area is 100 Å². The Morgan fingerprint density at radius 2 is 2.06 bits per heavy atom. The molecule has 2 atom stereocenters. The summed E-state index contributed by atoms with van der Waals surface area (Å²) in [6, 6.07) is 0. The second-order valence-electron chi connectivity index (χ2n) is 4.84. The summed E-state index contributed by atoms with van der Waals surface area (Å²) < 4.78 is 1.12. The average molecular weight is 235 g/mol. The molecule has 3 rings (SSSR count). The highest BCUT2D eigenvalue weighted by molar-refractivity contribution is 5.60. The summed E-state index contributed by atoms with van der Waals surface area (Å²) in [5.74, 6) is 0.643. The van der Waals surface area contributed by atoms with Crippen LogP contribution in [0.25, 0.3) is 0 Å². The smallest absolute Gasteiger partial charge is 0.233 e. The van der Waals surface area contributed by atoms with Gasteiger partial charge in [-0.3, -0.25) is 0 Å². The Morgan fingerprint density at radius 1 is 1.35 bits per heavy atom. The zero-order chi connectivity index (χ0) is 12.2. The summed E-state index contributed by atoms with van der Waals surface area (Å²) in [6.07, 6.45) is 5.42. The quantitative estimate of drug-likeness (QED) is 0.790. The molecule has 2 bridgehead atoms. The largest absolute Gasteiger partial charge is 0.492 e. The lowest BCUT2D eigenvalue weighted by atomic mass is 9.91. The van der Waals surface area contributed by atoms with Crippen LogP contribution >= 0.6 is 0 Å². The molecule has 0 radical (unpaired) electrons. The average Bonchev–Trinajstić information content (AvgIpc) is 2.92. The van der Waals surface area contributed by atoms with E-state index in [4.69, 9.17) is 4.84 Å². The van der Waals surface area contributed by atoms with E-state index in [1.807, 2.05) is 0 Å². The van der Waals surface area contributed by atoms with Crippen LogP contribution in [-0.2, 0) is 0 Å². The second-order valence-corrected chi connectivity index (χ2v) is 4.84. The van der Waals surface area contributed by atoms with Gasteiger partial charge in [-0.1, -0.05) is 25.0 Å². The molecule has 0 aromatic carbocycles. The summed E-state index contributed by atoms with van der Waals surface area (Å²) in [4.78, 5) is 4.99. The molecule has 4 nitrogen and oxygen atoms in total. The van der Waals surface area contributed by atoms with Gasteiger partial charge < -0.3 is 15.1 Å². The Kier molecular flexibility index (Phi) is 2.15. The van der Waals surface area contributed by atoms with Crippen molar-refractivity contribution in [3.63, 3.8) is 0 Å². The summed E-state index contributed by atoms with van der Waals surface area (Å²) >= 11 is 0. The normalized spacial score (nSPS) is 24.9. The van der Waals surface area contributed by atoms with Gasteiger partial charge in [0, 0.05) is 23.0 Å². The maximum Gasteiger partial charge on any atom is 0.233 e. The van der Waals surface area contributed by atoms with E-state index in [-0.39, 0.29) is 23.6 Å². The first-order valence-corrected chi connectivity index (χ1v) is 6.10. The van der Waals surface area contributed by atoms with Crippen molar-refractivity contribution in [1.82, 2.24) is 4.73 Å². The molecular weight excluding hydrogens is 218 g/mol. The van der Waals surface area contributed by atoms with Gasteiger partial charge in [0.2, 0.25) is 11.8 Å². The van der Waals surface area contributed by atoms with Crippen LogP contribution in [0.3, 0.4) is 0 Å². The summed E-state index contributed by atoms with van der Waals surface area (Å²) in [5.41, 5.74) is 3.13. The van der Waals surface area contributed by atoms with E-state index in [0.29, 0.717) is 0 Å². The third-order valence-corrected chi connectivity index (χ3v) is 3.95. The number of aromatic hydroxyl groups is 2. The molecule has 2 unspecified atom stereocenters. The molecule has 2 aliphatic carbocycles. The van der Waals surface area contributed by atoms with Crippen molar-refractivity contribution < 1.29 is 15.1 Å². The summed E-state index contributed by atoms with van der Waals surface area (Å²) in [7, 11) is 1.44. The molecule has 0 saturated carbocycles. The van der Waals surface area contributed by atoms with E-state index in [9.17, 15) is 10.2 Å². The van der Waals surface area contributed by atoms with E-state index in [2.05, 4.69) is 13.0 Å². The Morgan fingerprint density at radius 3 is 2.71 bits per heavy atom. The molecule has 2 aliphatic rings. The van der Waals surface area contributed by atoms with Crippen molar-refractivity contribution in [1.29, 1.82) is 0 Å². The van der Waals surface area contributed by atoms with Crippen molar-refractivity contribution in [2.45, 2.75) is 38.0 Å². The number of hydrogen-bond acceptors (Lipinski definition) is 3. The fourth-order valence-corrected chi connectivity index (χ4v) is 3.34. The number of rotatable bonds is 3. The Hall–Kier alpha value is -1.58. The standard InChI is InChI=1S/C13H17NO3/c1-3-4-7-5-8-6-9(7)11-10(8)12(15)14(17-2)13(11)16/h5,8-9,15-16H,3-4,6H2,1-2H3. The summed E-state index contributed by atoms with van der Waals surface area (Å²) in [6.45, 7) is 2.16. The third kappa shape index (κ3) is 1.18. The maximum atomic E-state index is 10.1. The highest BCUT2D eigenvalue weighted by Crippen LogP contribution is 2.59. The monoisotopic (exact) mass is 235 g/mol. The van der Waals surface area contributed by atoms with Gasteiger partial charge in [0.25, 0.3) is 0 Å². The lowest BCUT2D eigenvalue weighted by Gasteiger charge is -2.13. The zero-order valence-electron chi connectivity index (χ0n) is 10.1. The molecule has 0 saturated heterocycles. The highest BCUT2D eigenvalue weighted by Gasteiger charge is 2.44. The SMILES string of the molecule is CCCC1=CC2CC1c1c2c(O)n(OC)c1O. The molecular formula is C13H17NO3. The molecule has 4 heteroatoms. The van der Waals surface area contributed by atoms with Crippen LogP contribution in [-0.4, -0.2) is 22.1 Å². The fourth-order valence-electron chi connectivity index (χ4n) is 3.34. The predicted molar refractivity (Wildman–Crippen MR) is 63.4 cm³/mol. The molecule has 0 fully saturated rings. The van der Waals surface area contributed by atoms with Gasteiger partial charge in [-0.15, -0.1) is 4.73 Å². The maximum absolute atomic E-state index is 10.1. The second kappa shape index (κ2) is 3.45. The van der Waals surface area contributed by atoms with Gasteiger partial charge >= 0.3 is 0 Å². The Balaban J connectivity index is 2.09. The number of nitrogens with zero attached hydrogens (tertiary/aromatic N) is 1. The minimum atomic E-state index is 0.0549. The summed E-state index contributed by atoms with van der Waals surface area (Å²) in [5, 5.41) is 20.1. The van der Waals surface area contributed by atoms with Crippen molar-refractivity contribution >= 4 is 0 Å². The van der Waals surface area contributed by atoms with Crippen LogP contribution < -0.4 is 4.84 Å². The number of fused-ring (bicyclic) bond motifs is 5. The Bertz CT molecular complexity index is 501. The zero-order valence-corrected chi connectivity index (χ0v) is 10.1. The minimum Gasteiger partial charge on any atom is -0.492 e. The molecule has 0 amide bonds.